The highest BCUT2D eigenvalue weighted by atomic mass is 32.2. The van der Waals surface area contributed by atoms with Crippen molar-refractivity contribution >= 4 is 10.2 Å². The lowest BCUT2D eigenvalue weighted by Gasteiger charge is -2.38. The molecule has 2 saturated heterocycles. The Labute approximate surface area is 117 Å². The van der Waals surface area contributed by atoms with Crippen LogP contribution in [0.25, 0.3) is 0 Å². The van der Waals surface area contributed by atoms with E-state index in [1.165, 1.54) is 43.1 Å². The lowest BCUT2D eigenvalue weighted by atomic mass is 10.0. The fourth-order valence-electron chi connectivity index (χ4n) is 3.13. The van der Waals surface area contributed by atoms with Gasteiger partial charge < -0.3 is 4.90 Å². The Hall–Kier alpha value is -0.170. The van der Waals surface area contributed by atoms with Crippen LogP contribution in [0.2, 0.25) is 0 Å². The van der Waals surface area contributed by atoms with Gasteiger partial charge in [0.25, 0.3) is 10.2 Å². The smallest absolute Gasteiger partial charge is 0.281 e. The molecule has 2 aliphatic rings. The van der Waals surface area contributed by atoms with E-state index in [1.54, 1.807) is 18.4 Å². The number of likely N-dealkylation sites (tertiary alicyclic amines) is 1. The molecule has 112 valence electrons. The van der Waals surface area contributed by atoms with Gasteiger partial charge in [-0.3, -0.25) is 0 Å². The van der Waals surface area contributed by atoms with Gasteiger partial charge >= 0.3 is 0 Å². The molecular weight excluding hydrogens is 262 g/mol. The first-order chi connectivity index (χ1) is 9.01. The summed E-state index contributed by atoms with van der Waals surface area (Å²) < 4.78 is 27.1. The van der Waals surface area contributed by atoms with Gasteiger partial charge in [0.15, 0.2) is 0 Å². The second-order valence-corrected chi connectivity index (χ2v) is 8.01. The Morgan fingerprint density at radius 2 is 1.42 bits per heavy atom. The minimum Gasteiger partial charge on any atom is -0.300 e. The van der Waals surface area contributed by atoms with Crippen molar-refractivity contribution in [1.29, 1.82) is 0 Å². The summed E-state index contributed by atoms with van der Waals surface area (Å²) in [5.74, 6) is 0. The molecule has 0 radical (unpaired) electrons. The molecule has 0 atom stereocenters. The Bertz CT molecular complexity index is 367. The normalized spacial score (nSPS) is 25.6. The quantitative estimate of drug-likeness (QED) is 0.782. The molecule has 0 unspecified atom stereocenters. The molecule has 2 rings (SSSR count). The summed E-state index contributed by atoms with van der Waals surface area (Å²) in [4.78, 5) is 2.59. The second kappa shape index (κ2) is 6.52. The zero-order valence-corrected chi connectivity index (χ0v) is 13.0. The van der Waals surface area contributed by atoms with Crippen molar-refractivity contribution in [3.05, 3.63) is 0 Å². The molecule has 5 nitrogen and oxygen atoms in total. The van der Waals surface area contributed by atoms with Gasteiger partial charge in [0.05, 0.1) is 0 Å². The summed E-state index contributed by atoms with van der Waals surface area (Å²) >= 11 is 0. The zero-order chi connectivity index (χ0) is 13.9. The van der Waals surface area contributed by atoms with Gasteiger partial charge in [-0.15, -0.1) is 0 Å². The molecule has 0 spiro atoms. The highest BCUT2D eigenvalue weighted by Gasteiger charge is 2.31. The second-order valence-electron chi connectivity index (χ2n) is 5.87. The van der Waals surface area contributed by atoms with E-state index in [4.69, 9.17) is 0 Å². The summed E-state index contributed by atoms with van der Waals surface area (Å²) in [7, 11) is 0.00157. The fraction of sp³-hybridized carbons (Fsp3) is 1.00. The Morgan fingerprint density at radius 1 is 0.895 bits per heavy atom. The van der Waals surface area contributed by atoms with Crippen LogP contribution in [0.5, 0.6) is 0 Å². The molecule has 0 N–H and O–H groups in total. The third-order valence-corrected chi connectivity index (χ3v) is 6.31. The average molecular weight is 289 g/mol. The van der Waals surface area contributed by atoms with Crippen LogP contribution in [-0.2, 0) is 10.2 Å². The first kappa shape index (κ1) is 15.2. The standard InChI is InChI=1S/C13H27N3O2S/c1-14(2)19(17,18)16-11-7-13(8-12-16)15-9-5-3-4-6-10-15/h13H,3-12H2,1-2H3. The first-order valence-corrected chi connectivity index (χ1v) is 8.83. The number of hydrogen-bond acceptors (Lipinski definition) is 3. The van der Waals surface area contributed by atoms with Crippen molar-refractivity contribution in [2.24, 2.45) is 0 Å². The molecule has 0 aromatic rings. The molecule has 0 aromatic heterocycles. The van der Waals surface area contributed by atoms with Gasteiger partial charge in [-0.2, -0.15) is 17.0 Å². The predicted molar refractivity (Wildman–Crippen MR) is 77.2 cm³/mol. The molecule has 0 amide bonds. The molecular formula is C13H27N3O2S. The minimum absolute atomic E-state index is 0.590. The number of rotatable bonds is 3. The fourth-order valence-corrected chi connectivity index (χ4v) is 4.26. The van der Waals surface area contributed by atoms with E-state index in [2.05, 4.69) is 4.90 Å². The molecule has 6 heteroatoms. The lowest BCUT2D eigenvalue weighted by molar-refractivity contribution is 0.142. The van der Waals surface area contributed by atoms with Gasteiger partial charge in [0.1, 0.15) is 0 Å². The van der Waals surface area contributed by atoms with Gasteiger partial charge in [0.2, 0.25) is 0 Å². The SMILES string of the molecule is CN(C)S(=O)(=O)N1CCC(N2CCCCCC2)CC1. The number of nitrogens with zero attached hydrogens (tertiary/aromatic N) is 3. The summed E-state index contributed by atoms with van der Waals surface area (Å²) in [6.45, 7) is 3.74. The van der Waals surface area contributed by atoms with E-state index in [-0.39, 0.29) is 0 Å². The summed E-state index contributed by atoms with van der Waals surface area (Å²) in [5, 5.41) is 0. The third kappa shape index (κ3) is 3.68. The molecule has 2 fully saturated rings. The largest absolute Gasteiger partial charge is 0.300 e. The van der Waals surface area contributed by atoms with Crippen molar-refractivity contribution in [2.45, 2.75) is 44.6 Å². The van der Waals surface area contributed by atoms with Gasteiger partial charge in [-0.25, -0.2) is 0 Å². The van der Waals surface area contributed by atoms with Crippen molar-refractivity contribution in [2.75, 3.05) is 40.3 Å². The van der Waals surface area contributed by atoms with Gasteiger partial charge in [-0.05, 0) is 38.8 Å². The van der Waals surface area contributed by atoms with Crippen LogP contribution >= 0.6 is 0 Å². The topological polar surface area (TPSA) is 43.9 Å². The van der Waals surface area contributed by atoms with E-state index < -0.39 is 10.2 Å². The molecule has 2 heterocycles. The predicted octanol–water partition coefficient (Wildman–Crippen LogP) is 1.13. The summed E-state index contributed by atoms with van der Waals surface area (Å²) in [6.07, 6.45) is 7.27. The molecule has 0 aromatic carbocycles. The molecule has 2 aliphatic heterocycles. The van der Waals surface area contributed by atoms with Crippen LogP contribution in [0.3, 0.4) is 0 Å². The van der Waals surface area contributed by atoms with Crippen molar-refractivity contribution in [3.63, 3.8) is 0 Å². The van der Waals surface area contributed by atoms with Crippen LogP contribution in [0, 0.1) is 0 Å². The van der Waals surface area contributed by atoms with Crippen LogP contribution in [0.1, 0.15) is 38.5 Å². The van der Waals surface area contributed by atoms with Crippen molar-refractivity contribution in [1.82, 2.24) is 13.5 Å². The maximum Gasteiger partial charge on any atom is 0.281 e. The first-order valence-electron chi connectivity index (χ1n) is 7.43. The van der Waals surface area contributed by atoms with Gasteiger partial charge in [0, 0.05) is 33.2 Å². The van der Waals surface area contributed by atoms with Crippen molar-refractivity contribution in [3.8, 4) is 0 Å². The monoisotopic (exact) mass is 289 g/mol. The third-order valence-electron chi connectivity index (χ3n) is 4.37. The summed E-state index contributed by atoms with van der Waals surface area (Å²) in [6, 6.07) is 0.590. The molecule has 0 bridgehead atoms. The Balaban J connectivity index is 1.88. The Morgan fingerprint density at radius 3 is 1.89 bits per heavy atom. The maximum atomic E-state index is 12.1. The Kier molecular flexibility index (Phi) is 5.22. The maximum absolute atomic E-state index is 12.1. The average Bonchev–Trinajstić information content (AvgIpc) is 2.67. The molecule has 0 aliphatic carbocycles. The molecule has 0 saturated carbocycles. The van der Waals surface area contributed by atoms with E-state index >= 15 is 0 Å². The van der Waals surface area contributed by atoms with Crippen LogP contribution in [0.15, 0.2) is 0 Å². The zero-order valence-electron chi connectivity index (χ0n) is 12.2. The van der Waals surface area contributed by atoms with Crippen LogP contribution < -0.4 is 0 Å². The number of piperidine rings is 1. The van der Waals surface area contributed by atoms with Crippen LogP contribution in [0.4, 0.5) is 0 Å². The molecule has 19 heavy (non-hydrogen) atoms. The van der Waals surface area contributed by atoms with E-state index in [1.807, 2.05) is 0 Å². The highest BCUT2D eigenvalue weighted by Crippen LogP contribution is 2.22. The number of hydrogen-bond donors (Lipinski definition) is 0. The summed E-state index contributed by atoms with van der Waals surface area (Å²) in [5.41, 5.74) is 0. The van der Waals surface area contributed by atoms with Crippen LogP contribution in [-0.4, -0.2) is 68.2 Å². The van der Waals surface area contributed by atoms with E-state index in [0.717, 1.165) is 12.8 Å². The minimum atomic E-state index is -3.21. The van der Waals surface area contributed by atoms with E-state index in [9.17, 15) is 8.42 Å². The lowest BCUT2D eigenvalue weighted by Crippen LogP contribution is -2.49. The van der Waals surface area contributed by atoms with Gasteiger partial charge in [-0.1, -0.05) is 12.8 Å². The van der Waals surface area contributed by atoms with E-state index in [0.29, 0.717) is 19.1 Å². The highest BCUT2D eigenvalue weighted by molar-refractivity contribution is 7.86. The van der Waals surface area contributed by atoms with Crippen molar-refractivity contribution < 1.29 is 8.42 Å².